The van der Waals surface area contributed by atoms with Crippen LogP contribution < -0.4 is 10.9 Å². The number of hydrogen-bond donors (Lipinski definition) is 2. The predicted octanol–water partition coefficient (Wildman–Crippen LogP) is 5.81. The van der Waals surface area contributed by atoms with Crippen molar-refractivity contribution in [3.63, 3.8) is 0 Å². The quantitative estimate of drug-likeness (QED) is 0.233. The van der Waals surface area contributed by atoms with E-state index in [2.05, 4.69) is 17.2 Å². The number of amides is 1. The molecule has 5 aromatic rings. The summed E-state index contributed by atoms with van der Waals surface area (Å²) in [4.78, 5) is 34.2. The van der Waals surface area contributed by atoms with Crippen molar-refractivity contribution in [3.05, 3.63) is 93.7 Å². The number of aromatic amines is 1. The number of para-hydroxylation sites is 1. The summed E-state index contributed by atoms with van der Waals surface area (Å²) in [5.74, 6) is -0.0868. The van der Waals surface area contributed by atoms with Crippen molar-refractivity contribution in [3.8, 4) is 5.69 Å². The number of thioether (sulfide) groups is 1. The summed E-state index contributed by atoms with van der Waals surface area (Å²) in [6.45, 7) is 2.08. The molecule has 0 spiro atoms. The van der Waals surface area contributed by atoms with Crippen LogP contribution in [0, 0.1) is 0 Å². The van der Waals surface area contributed by atoms with Gasteiger partial charge in [-0.25, -0.2) is 4.98 Å². The van der Waals surface area contributed by atoms with E-state index in [9.17, 15) is 9.59 Å². The van der Waals surface area contributed by atoms with E-state index in [-0.39, 0.29) is 17.2 Å². The Kier molecular flexibility index (Phi) is 6.13. The Bertz CT molecular complexity index is 1570. The third-order valence-corrected chi connectivity index (χ3v) is 6.71. The highest BCUT2D eigenvalue weighted by Gasteiger charge is 2.18. The van der Waals surface area contributed by atoms with Crippen LogP contribution in [0.5, 0.6) is 0 Å². The summed E-state index contributed by atoms with van der Waals surface area (Å²) in [6.07, 6.45) is 0.938. The molecule has 170 valence electrons. The first-order chi connectivity index (χ1) is 16.5. The number of aromatic nitrogens is 3. The van der Waals surface area contributed by atoms with Crippen LogP contribution in [0.4, 0.5) is 5.69 Å². The number of rotatable bonds is 6. The Morgan fingerprint density at radius 3 is 2.65 bits per heavy atom. The number of benzene rings is 3. The van der Waals surface area contributed by atoms with Gasteiger partial charge in [-0.1, -0.05) is 66.7 Å². The molecule has 0 bridgehead atoms. The first kappa shape index (κ1) is 22.3. The van der Waals surface area contributed by atoms with E-state index in [1.165, 1.54) is 21.9 Å². The minimum atomic E-state index is -0.249. The maximum atomic E-state index is 13.6. The van der Waals surface area contributed by atoms with Crippen molar-refractivity contribution >= 4 is 56.9 Å². The smallest absolute Gasteiger partial charge is 0.283 e. The number of halogens is 1. The van der Waals surface area contributed by atoms with Crippen molar-refractivity contribution < 1.29 is 4.79 Å². The van der Waals surface area contributed by atoms with Crippen LogP contribution in [-0.2, 0) is 11.2 Å². The molecule has 0 saturated heterocycles. The van der Waals surface area contributed by atoms with Crippen molar-refractivity contribution in [1.29, 1.82) is 0 Å². The molecule has 2 aromatic heterocycles. The molecule has 5 rings (SSSR count). The highest BCUT2D eigenvalue weighted by molar-refractivity contribution is 7.99. The van der Waals surface area contributed by atoms with Gasteiger partial charge in [-0.15, -0.1) is 0 Å². The minimum Gasteiger partial charge on any atom is -0.349 e. The number of carbonyl (C=O) groups excluding carboxylic acids is 1. The monoisotopic (exact) mass is 488 g/mol. The van der Waals surface area contributed by atoms with Gasteiger partial charge >= 0.3 is 0 Å². The van der Waals surface area contributed by atoms with Gasteiger partial charge < -0.3 is 10.3 Å². The molecule has 0 fully saturated rings. The molecular weight excluding hydrogens is 468 g/mol. The molecule has 0 aliphatic rings. The summed E-state index contributed by atoms with van der Waals surface area (Å²) in [5.41, 5.74) is 4.09. The lowest BCUT2D eigenvalue weighted by Crippen LogP contribution is -2.23. The van der Waals surface area contributed by atoms with Crippen LogP contribution in [0.1, 0.15) is 12.5 Å². The number of fused-ring (bicyclic) bond motifs is 3. The van der Waals surface area contributed by atoms with Gasteiger partial charge in [-0.2, -0.15) is 0 Å². The Balaban J connectivity index is 1.52. The first-order valence-electron chi connectivity index (χ1n) is 10.8. The fraction of sp³-hybridized carbons (Fsp3) is 0.115. The first-order valence-corrected chi connectivity index (χ1v) is 12.2. The average molecular weight is 489 g/mol. The van der Waals surface area contributed by atoms with Gasteiger partial charge in [0.05, 0.1) is 11.4 Å². The lowest BCUT2D eigenvalue weighted by Gasteiger charge is -2.12. The molecule has 8 heteroatoms. The molecule has 2 N–H and O–H groups in total. The Labute approximate surface area is 205 Å². The van der Waals surface area contributed by atoms with Gasteiger partial charge in [0, 0.05) is 21.6 Å². The normalized spacial score (nSPS) is 11.2. The zero-order valence-electron chi connectivity index (χ0n) is 18.3. The van der Waals surface area contributed by atoms with Crippen LogP contribution in [-0.4, -0.2) is 26.2 Å². The lowest BCUT2D eigenvalue weighted by molar-refractivity contribution is -0.113. The Morgan fingerprint density at radius 1 is 1.09 bits per heavy atom. The molecule has 0 unspecified atom stereocenters. The van der Waals surface area contributed by atoms with Gasteiger partial charge in [-0.05, 0) is 48.4 Å². The molecule has 0 aliphatic carbocycles. The summed E-state index contributed by atoms with van der Waals surface area (Å²) < 4.78 is 1.50. The zero-order chi connectivity index (χ0) is 23.7. The highest BCUT2D eigenvalue weighted by Crippen LogP contribution is 2.27. The molecule has 34 heavy (non-hydrogen) atoms. The van der Waals surface area contributed by atoms with Crippen LogP contribution in [0.2, 0.25) is 5.02 Å². The largest absolute Gasteiger partial charge is 0.349 e. The van der Waals surface area contributed by atoms with Gasteiger partial charge in [-0.3, -0.25) is 14.2 Å². The third-order valence-electron chi connectivity index (χ3n) is 5.54. The number of carbonyl (C=O) groups is 1. The summed E-state index contributed by atoms with van der Waals surface area (Å²) in [7, 11) is 0. The van der Waals surface area contributed by atoms with E-state index in [1.54, 1.807) is 24.3 Å². The van der Waals surface area contributed by atoms with E-state index in [4.69, 9.17) is 16.6 Å². The molecule has 3 aromatic carbocycles. The topological polar surface area (TPSA) is 79.8 Å². The zero-order valence-corrected chi connectivity index (χ0v) is 19.9. The highest BCUT2D eigenvalue weighted by atomic mass is 35.5. The van der Waals surface area contributed by atoms with E-state index in [0.717, 1.165) is 23.0 Å². The molecule has 0 aliphatic heterocycles. The van der Waals surface area contributed by atoms with E-state index in [0.29, 0.717) is 26.9 Å². The molecule has 0 atom stereocenters. The Hall–Kier alpha value is -3.55. The molecule has 6 nitrogen and oxygen atoms in total. The van der Waals surface area contributed by atoms with E-state index in [1.807, 2.05) is 48.5 Å². The summed E-state index contributed by atoms with van der Waals surface area (Å²) in [6, 6.07) is 22.4. The van der Waals surface area contributed by atoms with Crippen molar-refractivity contribution in [1.82, 2.24) is 14.5 Å². The minimum absolute atomic E-state index is 0.0936. The van der Waals surface area contributed by atoms with Crippen molar-refractivity contribution in [2.75, 3.05) is 11.1 Å². The number of hydrogen-bond acceptors (Lipinski definition) is 4. The third kappa shape index (κ3) is 4.32. The summed E-state index contributed by atoms with van der Waals surface area (Å²) >= 11 is 7.41. The molecule has 0 saturated carbocycles. The van der Waals surface area contributed by atoms with Crippen molar-refractivity contribution in [2.45, 2.75) is 18.5 Å². The van der Waals surface area contributed by atoms with Crippen molar-refractivity contribution in [2.24, 2.45) is 0 Å². The number of aryl methyl sites for hydroxylation is 1. The lowest BCUT2D eigenvalue weighted by atomic mass is 10.1. The van der Waals surface area contributed by atoms with Gasteiger partial charge in [0.1, 0.15) is 11.0 Å². The van der Waals surface area contributed by atoms with Crippen LogP contribution in [0.15, 0.2) is 82.7 Å². The maximum absolute atomic E-state index is 13.6. The second kappa shape index (κ2) is 9.37. The summed E-state index contributed by atoms with van der Waals surface area (Å²) in [5, 5.41) is 4.69. The molecule has 1 amide bonds. The van der Waals surface area contributed by atoms with E-state index < -0.39 is 0 Å². The van der Waals surface area contributed by atoms with E-state index >= 15 is 0 Å². The van der Waals surface area contributed by atoms with Gasteiger partial charge in [0.15, 0.2) is 5.16 Å². The number of anilines is 1. The molecule has 2 heterocycles. The van der Waals surface area contributed by atoms with Crippen LogP contribution in [0.3, 0.4) is 0 Å². The second-order valence-corrected chi connectivity index (χ2v) is 9.18. The second-order valence-electron chi connectivity index (χ2n) is 7.80. The molecular formula is C26H21ClN4O2S. The van der Waals surface area contributed by atoms with Crippen LogP contribution in [0.25, 0.3) is 27.6 Å². The fourth-order valence-electron chi connectivity index (χ4n) is 3.83. The van der Waals surface area contributed by atoms with Crippen LogP contribution >= 0.6 is 23.4 Å². The predicted molar refractivity (Wildman–Crippen MR) is 139 cm³/mol. The number of H-pyrrole nitrogens is 1. The Morgan fingerprint density at radius 2 is 1.88 bits per heavy atom. The number of nitrogens with one attached hydrogen (secondary N) is 2. The standard InChI is InChI=1S/C26H21ClN4O2S/c1-2-16-10-12-18(13-11-16)28-22(32)15-34-26-30-23-20-8-3-4-9-21(20)29-24(23)25(33)31(26)19-7-5-6-17(27)14-19/h3-14,29H,2,15H2,1H3,(H,28,32). The SMILES string of the molecule is CCc1ccc(NC(=O)CSc2nc3c([nH]c4ccccc43)c(=O)n2-c2cccc(Cl)c2)cc1. The van der Waals surface area contributed by atoms with Gasteiger partial charge in [0.2, 0.25) is 5.91 Å². The fourth-order valence-corrected chi connectivity index (χ4v) is 4.82. The molecule has 0 radical (unpaired) electrons. The maximum Gasteiger partial charge on any atom is 0.283 e. The number of nitrogens with zero attached hydrogens (tertiary/aromatic N) is 2. The van der Waals surface area contributed by atoms with Gasteiger partial charge in [0.25, 0.3) is 5.56 Å². The average Bonchev–Trinajstić information content (AvgIpc) is 3.22.